The van der Waals surface area contributed by atoms with Crippen molar-refractivity contribution in [3.8, 4) is 17.0 Å². The first-order valence-electron chi connectivity index (χ1n) is 9.33. The van der Waals surface area contributed by atoms with Crippen LogP contribution >= 0.6 is 0 Å². The van der Waals surface area contributed by atoms with Gasteiger partial charge in [-0.2, -0.15) is 5.10 Å². The average Bonchev–Trinajstić information content (AvgIpc) is 3.11. The summed E-state index contributed by atoms with van der Waals surface area (Å²) in [5.74, 6) is 0.202. The van der Waals surface area contributed by atoms with Crippen LogP contribution in [0.25, 0.3) is 16.9 Å². The molecular formula is C20H20F3N3O3. The number of rotatable bonds is 6. The minimum Gasteiger partial charge on any atom is -0.406 e. The van der Waals surface area contributed by atoms with E-state index in [0.717, 1.165) is 26.1 Å². The lowest BCUT2D eigenvalue weighted by Gasteiger charge is -2.21. The molecule has 0 unspecified atom stereocenters. The number of halogens is 3. The van der Waals surface area contributed by atoms with Crippen molar-refractivity contribution < 1.29 is 27.4 Å². The predicted molar refractivity (Wildman–Crippen MR) is 98.3 cm³/mol. The van der Waals surface area contributed by atoms with Crippen molar-refractivity contribution in [1.29, 1.82) is 0 Å². The molecule has 0 atom stereocenters. The number of nitrogens with zero attached hydrogens (tertiary/aromatic N) is 3. The van der Waals surface area contributed by atoms with E-state index < -0.39 is 6.36 Å². The maximum atomic E-state index is 12.5. The van der Waals surface area contributed by atoms with Crippen LogP contribution in [-0.2, 0) is 16.1 Å². The number of hydrogen-bond donors (Lipinski definition) is 0. The molecule has 1 aliphatic rings. The van der Waals surface area contributed by atoms with E-state index >= 15 is 0 Å². The molecular weight excluding hydrogens is 387 g/mol. The Balaban J connectivity index is 1.50. The highest BCUT2D eigenvalue weighted by Gasteiger charge is 2.31. The summed E-state index contributed by atoms with van der Waals surface area (Å²) in [5.41, 5.74) is 2.40. The maximum absolute atomic E-state index is 12.5. The van der Waals surface area contributed by atoms with Crippen molar-refractivity contribution in [2.45, 2.75) is 25.8 Å². The Morgan fingerprint density at radius 2 is 1.97 bits per heavy atom. The zero-order valence-corrected chi connectivity index (χ0v) is 15.6. The van der Waals surface area contributed by atoms with Gasteiger partial charge in [0, 0.05) is 18.8 Å². The van der Waals surface area contributed by atoms with Crippen LogP contribution in [0, 0.1) is 5.92 Å². The van der Waals surface area contributed by atoms with E-state index in [2.05, 4.69) is 14.8 Å². The van der Waals surface area contributed by atoms with Crippen LogP contribution in [0.2, 0.25) is 0 Å². The smallest absolute Gasteiger partial charge is 0.406 e. The van der Waals surface area contributed by atoms with Crippen LogP contribution in [-0.4, -0.2) is 40.8 Å². The number of aromatic nitrogens is 3. The van der Waals surface area contributed by atoms with Crippen LogP contribution in [0.4, 0.5) is 13.2 Å². The van der Waals surface area contributed by atoms with Gasteiger partial charge in [-0.25, -0.2) is 9.50 Å². The van der Waals surface area contributed by atoms with Crippen LogP contribution < -0.4 is 4.74 Å². The van der Waals surface area contributed by atoms with E-state index in [-0.39, 0.29) is 5.75 Å². The zero-order chi connectivity index (χ0) is 20.3. The van der Waals surface area contributed by atoms with Crippen molar-refractivity contribution in [2.75, 3.05) is 19.8 Å². The molecule has 6 nitrogen and oxygen atoms in total. The molecule has 29 heavy (non-hydrogen) atoms. The van der Waals surface area contributed by atoms with Gasteiger partial charge in [-0.15, -0.1) is 13.2 Å². The molecule has 0 radical (unpaired) electrons. The van der Waals surface area contributed by atoms with Crippen LogP contribution in [0.1, 0.15) is 18.5 Å². The molecule has 1 fully saturated rings. The van der Waals surface area contributed by atoms with Crippen LogP contribution in [0.5, 0.6) is 5.75 Å². The second-order valence-corrected chi connectivity index (χ2v) is 6.88. The van der Waals surface area contributed by atoms with Crippen molar-refractivity contribution in [1.82, 2.24) is 14.6 Å². The molecule has 4 rings (SSSR count). The predicted octanol–water partition coefficient (Wildman–Crippen LogP) is 4.24. The number of benzene rings is 1. The molecule has 1 saturated heterocycles. The van der Waals surface area contributed by atoms with Gasteiger partial charge in [-0.3, -0.25) is 0 Å². The Morgan fingerprint density at radius 1 is 1.14 bits per heavy atom. The zero-order valence-electron chi connectivity index (χ0n) is 15.6. The molecule has 0 bridgehead atoms. The Kier molecular flexibility index (Phi) is 5.68. The van der Waals surface area contributed by atoms with Gasteiger partial charge in [-0.1, -0.05) is 12.1 Å². The second-order valence-electron chi connectivity index (χ2n) is 6.88. The topological polar surface area (TPSA) is 57.9 Å². The van der Waals surface area contributed by atoms with Gasteiger partial charge in [0.15, 0.2) is 5.65 Å². The summed E-state index contributed by atoms with van der Waals surface area (Å²) in [6, 6.07) is 9.38. The minimum atomic E-state index is -4.74. The standard InChI is InChI=1S/C20H20F3N3O3/c21-20(22,23)29-17-3-1-2-15(10-17)18-11-24-19-5-4-16(25-26(18)19)13-28-12-14-6-8-27-9-7-14/h1-5,10-11,14H,6-9,12-13H2. The molecule has 1 aromatic carbocycles. The summed E-state index contributed by atoms with van der Waals surface area (Å²) >= 11 is 0. The third-order valence-electron chi connectivity index (χ3n) is 4.73. The van der Waals surface area contributed by atoms with Gasteiger partial charge in [0.2, 0.25) is 0 Å². The van der Waals surface area contributed by atoms with Crippen molar-refractivity contribution in [2.24, 2.45) is 5.92 Å². The summed E-state index contributed by atoms with van der Waals surface area (Å²) in [7, 11) is 0. The minimum absolute atomic E-state index is 0.291. The van der Waals surface area contributed by atoms with Crippen molar-refractivity contribution >= 4 is 5.65 Å². The molecule has 3 heterocycles. The Hall–Kier alpha value is -2.65. The SMILES string of the molecule is FC(F)(F)Oc1cccc(-c2cnc3ccc(COCC4CCOCC4)nn23)c1. The maximum Gasteiger partial charge on any atom is 0.573 e. The third kappa shape index (κ3) is 5.04. The number of imidazole rings is 1. The fourth-order valence-electron chi connectivity index (χ4n) is 3.28. The van der Waals surface area contributed by atoms with Crippen LogP contribution in [0.15, 0.2) is 42.6 Å². The van der Waals surface area contributed by atoms with Gasteiger partial charge in [0.05, 0.1) is 30.8 Å². The summed E-state index contributed by atoms with van der Waals surface area (Å²) in [6.07, 6.45) is -1.18. The monoisotopic (exact) mass is 407 g/mol. The lowest BCUT2D eigenvalue weighted by molar-refractivity contribution is -0.274. The normalized spacial score (nSPS) is 15.7. The Morgan fingerprint density at radius 3 is 2.76 bits per heavy atom. The van der Waals surface area contributed by atoms with Crippen LogP contribution in [0.3, 0.4) is 0 Å². The lowest BCUT2D eigenvalue weighted by Crippen LogP contribution is -2.20. The van der Waals surface area contributed by atoms with E-state index in [4.69, 9.17) is 9.47 Å². The molecule has 2 aromatic heterocycles. The number of fused-ring (bicyclic) bond motifs is 1. The fraction of sp³-hybridized carbons (Fsp3) is 0.400. The Bertz CT molecular complexity index is 968. The Labute approximate surface area is 165 Å². The third-order valence-corrected chi connectivity index (χ3v) is 4.73. The van der Waals surface area contributed by atoms with Gasteiger partial charge in [0.25, 0.3) is 0 Å². The van der Waals surface area contributed by atoms with Gasteiger partial charge in [-0.05, 0) is 43.0 Å². The highest BCUT2D eigenvalue weighted by Crippen LogP contribution is 2.28. The van der Waals surface area contributed by atoms with E-state index in [1.165, 1.54) is 18.2 Å². The first-order chi connectivity index (χ1) is 14.0. The highest BCUT2D eigenvalue weighted by molar-refractivity contribution is 5.64. The molecule has 0 amide bonds. The fourth-order valence-corrected chi connectivity index (χ4v) is 3.28. The number of alkyl halides is 3. The van der Waals surface area contributed by atoms with E-state index in [0.29, 0.717) is 41.7 Å². The summed E-state index contributed by atoms with van der Waals surface area (Å²) < 4.78 is 54.3. The number of hydrogen-bond acceptors (Lipinski definition) is 5. The summed E-state index contributed by atoms with van der Waals surface area (Å²) in [6.45, 7) is 2.54. The molecule has 3 aromatic rings. The van der Waals surface area contributed by atoms with Crippen molar-refractivity contribution in [3.63, 3.8) is 0 Å². The molecule has 0 aliphatic carbocycles. The molecule has 0 saturated carbocycles. The van der Waals surface area contributed by atoms with E-state index in [1.807, 2.05) is 6.07 Å². The largest absolute Gasteiger partial charge is 0.573 e. The molecule has 0 N–H and O–H groups in total. The number of ether oxygens (including phenoxy) is 3. The van der Waals surface area contributed by atoms with Gasteiger partial charge < -0.3 is 14.2 Å². The summed E-state index contributed by atoms with van der Waals surface area (Å²) in [5, 5.41) is 4.54. The molecule has 9 heteroatoms. The summed E-state index contributed by atoms with van der Waals surface area (Å²) in [4.78, 5) is 4.28. The first-order valence-corrected chi connectivity index (χ1v) is 9.33. The molecule has 1 aliphatic heterocycles. The average molecular weight is 407 g/mol. The van der Waals surface area contributed by atoms with E-state index in [1.54, 1.807) is 22.8 Å². The first kappa shape index (κ1) is 19.7. The highest BCUT2D eigenvalue weighted by atomic mass is 19.4. The van der Waals surface area contributed by atoms with Gasteiger partial charge in [0.1, 0.15) is 5.75 Å². The molecule has 0 spiro atoms. The van der Waals surface area contributed by atoms with E-state index in [9.17, 15) is 13.2 Å². The second kappa shape index (κ2) is 8.38. The quantitative estimate of drug-likeness (QED) is 0.612. The van der Waals surface area contributed by atoms with Crippen molar-refractivity contribution in [3.05, 3.63) is 48.3 Å². The molecule has 154 valence electrons. The van der Waals surface area contributed by atoms with Gasteiger partial charge >= 0.3 is 6.36 Å². The lowest BCUT2D eigenvalue weighted by atomic mass is 10.0.